The van der Waals surface area contributed by atoms with Crippen LogP contribution in [0.25, 0.3) is 0 Å². The van der Waals surface area contributed by atoms with Crippen LogP contribution in [0, 0.1) is 0 Å². The first kappa shape index (κ1) is 23.1. The Morgan fingerprint density at radius 1 is 1.10 bits per heavy atom. The summed E-state index contributed by atoms with van der Waals surface area (Å²) >= 11 is 13.8. The number of thiophene rings is 1. The molecule has 2 aromatic heterocycles. The van der Waals surface area contributed by atoms with Gasteiger partial charge < -0.3 is 14.2 Å². The fraction of sp³-hybridized carbons (Fsp3) is 0.227. The summed E-state index contributed by atoms with van der Waals surface area (Å²) in [5.41, 5.74) is 1.31. The van der Waals surface area contributed by atoms with E-state index in [0.29, 0.717) is 37.5 Å². The van der Waals surface area contributed by atoms with Crippen LogP contribution in [-0.4, -0.2) is 31.5 Å². The Hall–Kier alpha value is -2.61. The number of esters is 1. The topological polar surface area (TPSA) is 74.7 Å². The molecular formula is C22H19Cl2NO5S. The lowest BCUT2D eigenvalue weighted by Gasteiger charge is -2.21. The van der Waals surface area contributed by atoms with Crippen LogP contribution < -0.4 is 9.47 Å². The predicted octanol–water partition coefficient (Wildman–Crippen LogP) is 5.35. The van der Waals surface area contributed by atoms with Gasteiger partial charge in [0.2, 0.25) is 0 Å². The Labute approximate surface area is 193 Å². The summed E-state index contributed by atoms with van der Waals surface area (Å²) in [6.45, 7) is 0. The molecule has 0 N–H and O–H groups in total. The van der Waals surface area contributed by atoms with Crippen molar-refractivity contribution in [3.05, 3.63) is 73.7 Å². The molecule has 1 aromatic carbocycles. The van der Waals surface area contributed by atoms with E-state index in [1.54, 1.807) is 37.4 Å². The standard InChI is InChI=1S/C22H19Cl2NO5S/c1-28-19-6-3-13(7-21(19)29-2)20(9-16-17(23)10-25-11-18(16)24)30-22(27)8-14-4-5-15(12-26)31-14/h3-7,10-12,20H,8-9H2,1-2H3/t20-/m0/s1. The van der Waals surface area contributed by atoms with E-state index in [9.17, 15) is 9.59 Å². The summed E-state index contributed by atoms with van der Waals surface area (Å²) in [5, 5.41) is 0.755. The first-order valence-electron chi connectivity index (χ1n) is 9.18. The first-order valence-corrected chi connectivity index (χ1v) is 10.8. The molecule has 0 saturated carbocycles. The van der Waals surface area contributed by atoms with E-state index >= 15 is 0 Å². The lowest BCUT2D eigenvalue weighted by atomic mass is 10.0. The molecule has 2 heterocycles. The van der Waals surface area contributed by atoms with E-state index in [1.165, 1.54) is 30.8 Å². The lowest BCUT2D eigenvalue weighted by molar-refractivity contribution is -0.148. The number of carbonyl (C=O) groups excluding carboxylic acids is 2. The number of pyridine rings is 1. The van der Waals surface area contributed by atoms with Gasteiger partial charge in [0.05, 0.1) is 35.6 Å². The zero-order valence-corrected chi connectivity index (χ0v) is 19.1. The highest BCUT2D eigenvalue weighted by Crippen LogP contribution is 2.35. The van der Waals surface area contributed by atoms with Crippen LogP contribution in [0.5, 0.6) is 11.5 Å². The molecule has 3 aromatic rings. The highest BCUT2D eigenvalue weighted by Gasteiger charge is 2.23. The number of aldehydes is 1. The molecule has 3 rings (SSSR count). The van der Waals surface area contributed by atoms with E-state index in [2.05, 4.69) is 4.98 Å². The minimum Gasteiger partial charge on any atom is -0.493 e. The van der Waals surface area contributed by atoms with Crippen LogP contribution in [0.4, 0.5) is 0 Å². The highest BCUT2D eigenvalue weighted by atomic mass is 35.5. The SMILES string of the molecule is COc1ccc([C@H](Cc2c(Cl)cncc2Cl)OC(=O)Cc2ccc(C=O)s2)cc1OC. The van der Waals surface area contributed by atoms with Gasteiger partial charge in [-0.3, -0.25) is 14.6 Å². The minimum atomic E-state index is -0.685. The zero-order valence-electron chi connectivity index (χ0n) is 16.8. The van der Waals surface area contributed by atoms with Gasteiger partial charge in [0.25, 0.3) is 0 Å². The molecule has 0 aliphatic carbocycles. The van der Waals surface area contributed by atoms with Gasteiger partial charge in [0.15, 0.2) is 17.8 Å². The van der Waals surface area contributed by atoms with Gasteiger partial charge in [0, 0.05) is 23.7 Å². The lowest BCUT2D eigenvalue weighted by Crippen LogP contribution is -2.16. The third-order valence-electron chi connectivity index (χ3n) is 4.51. The number of hydrogen-bond donors (Lipinski definition) is 0. The van der Waals surface area contributed by atoms with Crippen LogP contribution in [0.1, 0.15) is 31.8 Å². The second-order valence-electron chi connectivity index (χ2n) is 6.48. The molecule has 9 heteroatoms. The molecule has 0 aliphatic rings. The molecule has 6 nitrogen and oxygen atoms in total. The van der Waals surface area contributed by atoms with E-state index in [1.807, 2.05) is 0 Å². The molecule has 31 heavy (non-hydrogen) atoms. The largest absolute Gasteiger partial charge is 0.493 e. The third kappa shape index (κ3) is 5.76. The maximum atomic E-state index is 12.7. The number of hydrogen-bond acceptors (Lipinski definition) is 7. The van der Waals surface area contributed by atoms with Crippen molar-refractivity contribution in [2.45, 2.75) is 18.9 Å². The minimum absolute atomic E-state index is 0.0418. The van der Waals surface area contributed by atoms with Gasteiger partial charge in [-0.25, -0.2) is 0 Å². The molecule has 0 saturated heterocycles. The molecule has 0 spiro atoms. The second-order valence-corrected chi connectivity index (χ2v) is 8.49. The van der Waals surface area contributed by atoms with Crippen LogP contribution in [0.15, 0.2) is 42.7 Å². The zero-order chi connectivity index (χ0) is 22.4. The number of rotatable bonds is 9. The summed E-state index contributed by atoms with van der Waals surface area (Å²) in [6.07, 6.45) is 3.33. The van der Waals surface area contributed by atoms with E-state index < -0.39 is 12.1 Å². The van der Waals surface area contributed by atoms with E-state index in [-0.39, 0.29) is 12.8 Å². The van der Waals surface area contributed by atoms with E-state index in [4.69, 9.17) is 37.4 Å². The Balaban J connectivity index is 1.90. The van der Waals surface area contributed by atoms with Crippen molar-refractivity contribution in [1.29, 1.82) is 0 Å². The van der Waals surface area contributed by atoms with Gasteiger partial charge in [-0.05, 0) is 35.4 Å². The smallest absolute Gasteiger partial charge is 0.311 e. The number of benzene rings is 1. The summed E-state index contributed by atoms with van der Waals surface area (Å²) in [6, 6.07) is 8.67. The van der Waals surface area contributed by atoms with Crippen LogP contribution in [0.3, 0.4) is 0 Å². The van der Waals surface area contributed by atoms with Gasteiger partial charge in [-0.2, -0.15) is 0 Å². The Morgan fingerprint density at radius 3 is 2.42 bits per heavy atom. The average molecular weight is 480 g/mol. The Morgan fingerprint density at radius 2 is 1.81 bits per heavy atom. The number of aromatic nitrogens is 1. The Bertz CT molecular complexity index is 1070. The fourth-order valence-electron chi connectivity index (χ4n) is 2.99. The molecule has 0 bridgehead atoms. The molecular weight excluding hydrogens is 461 g/mol. The summed E-state index contributed by atoms with van der Waals surface area (Å²) in [4.78, 5) is 28.8. The van der Waals surface area contributed by atoms with Gasteiger partial charge in [-0.1, -0.05) is 29.3 Å². The van der Waals surface area contributed by atoms with Crippen molar-refractivity contribution in [2.75, 3.05) is 14.2 Å². The van der Waals surface area contributed by atoms with E-state index in [0.717, 1.165) is 11.2 Å². The van der Waals surface area contributed by atoms with Crippen LogP contribution in [0.2, 0.25) is 10.0 Å². The Kier molecular flexibility index (Phi) is 7.90. The summed E-state index contributed by atoms with van der Waals surface area (Å²) in [7, 11) is 3.07. The highest BCUT2D eigenvalue weighted by molar-refractivity contribution is 7.13. The number of carbonyl (C=O) groups is 2. The molecule has 0 radical (unpaired) electrons. The average Bonchev–Trinajstić information content (AvgIpc) is 3.22. The van der Waals surface area contributed by atoms with Crippen molar-refractivity contribution in [3.8, 4) is 11.5 Å². The van der Waals surface area contributed by atoms with Crippen LogP contribution >= 0.6 is 34.5 Å². The van der Waals surface area contributed by atoms with Crippen molar-refractivity contribution in [3.63, 3.8) is 0 Å². The maximum absolute atomic E-state index is 12.7. The molecule has 162 valence electrons. The molecule has 0 aliphatic heterocycles. The quantitative estimate of drug-likeness (QED) is 0.304. The number of methoxy groups -OCH3 is 2. The second kappa shape index (κ2) is 10.6. The van der Waals surface area contributed by atoms with Crippen molar-refractivity contribution < 1.29 is 23.8 Å². The fourth-order valence-corrected chi connectivity index (χ4v) is 4.33. The number of halogens is 2. The maximum Gasteiger partial charge on any atom is 0.311 e. The molecule has 0 fully saturated rings. The van der Waals surface area contributed by atoms with Gasteiger partial charge in [0.1, 0.15) is 6.10 Å². The van der Waals surface area contributed by atoms with Gasteiger partial charge >= 0.3 is 5.97 Å². The molecule has 0 amide bonds. The van der Waals surface area contributed by atoms with Crippen molar-refractivity contribution >= 4 is 46.8 Å². The summed E-state index contributed by atoms with van der Waals surface area (Å²) in [5.74, 6) is 0.610. The predicted molar refractivity (Wildman–Crippen MR) is 120 cm³/mol. The number of nitrogens with zero attached hydrogens (tertiary/aromatic N) is 1. The molecule has 0 unspecified atom stereocenters. The molecule has 1 atom stereocenters. The van der Waals surface area contributed by atoms with Crippen molar-refractivity contribution in [1.82, 2.24) is 4.98 Å². The third-order valence-corrected chi connectivity index (χ3v) is 6.17. The van der Waals surface area contributed by atoms with Crippen LogP contribution in [-0.2, 0) is 22.4 Å². The van der Waals surface area contributed by atoms with Crippen molar-refractivity contribution in [2.24, 2.45) is 0 Å². The summed E-state index contributed by atoms with van der Waals surface area (Å²) < 4.78 is 16.5. The normalized spacial score (nSPS) is 11.6. The van der Waals surface area contributed by atoms with Gasteiger partial charge in [-0.15, -0.1) is 11.3 Å². The first-order chi connectivity index (χ1) is 14.9. The monoisotopic (exact) mass is 479 g/mol. The number of ether oxygens (including phenoxy) is 3.